The molecular formula is C35H48ClN3O7S. The normalized spacial score (nSPS) is 19.7. The lowest BCUT2D eigenvalue weighted by atomic mass is 9.79. The summed E-state index contributed by atoms with van der Waals surface area (Å²) in [5.41, 5.74) is 0.236. The summed E-state index contributed by atoms with van der Waals surface area (Å²) in [7, 11) is -4.32. The van der Waals surface area contributed by atoms with E-state index >= 15 is 0 Å². The fourth-order valence-electron chi connectivity index (χ4n) is 6.44. The van der Waals surface area contributed by atoms with E-state index in [9.17, 15) is 22.8 Å². The van der Waals surface area contributed by atoms with E-state index in [1.54, 1.807) is 71.0 Å². The van der Waals surface area contributed by atoms with Crippen molar-refractivity contribution in [1.82, 2.24) is 4.90 Å². The van der Waals surface area contributed by atoms with E-state index in [0.29, 0.717) is 48.4 Å². The number of hydrogen-bond donors (Lipinski definition) is 0. The Morgan fingerprint density at radius 3 is 2.15 bits per heavy atom. The van der Waals surface area contributed by atoms with Crippen molar-refractivity contribution in [3.8, 4) is 0 Å². The minimum absolute atomic E-state index is 0.0534. The van der Waals surface area contributed by atoms with Crippen LogP contribution in [-0.4, -0.2) is 74.6 Å². The molecule has 2 aromatic rings. The van der Waals surface area contributed by atoms with Crippen LogP contribution in [0.15, 0.2) is 41.3 Å². The molecule has 2 aromatic carbocycles. The number of aryl methyl sites for hydroxylation is 2. The predicted octanol–water partition coefficient (Wildman–Crippen LogP) is 5.90. The summed E-state index contributed by atoms with van der Waals surface area (Å²) in [6.07, 6.45) is 0.572. The van der Waals surface area contributed by atoms with E-state index in [0.717, 1.165) is 0 Å². The van der Waals surface area contributed by atoms with Crippen LogP contribution in [0.25, 0.3) is 0 Å². The van der Waals surface area contributed by atoms with Crippen LogP contribution in [-0.2, 0) is 33.9 Å². The summed E-state index contributed by atoms with van der Waals surface area (Å²) in [6, 6.07) is 8.68. The second-order valence-corrected chi connectivity index (χ2v) is 16.8. The maximum Gasteiger partial charge on any atom is 0.320 e. The van der Waals surface area contributed by atoms with Crippen molar-refractivity contribution in [3.63, 3.8) is 0 Å². The molecule has 1 saturated heterocycles. The van der Waals surface area contributed by atoms with E-state index < -0.39 is 45.3 Å². The van der Waals surface area contributed by atoms with Gasteiger partial charge in [-0.1, -0.05) is 30.7 Å². The molecule has 2 aliphatic rings. The van der Waals surface area contributed by atoms with Crippen LogP contribution in [0, 0.1) is 25.7 Å². The number of esters is 1. The number of rotatable bonds is 9. The highest BCUT2D eigenvalue weighted by Crippen LogP contribution is 2.45. The minimum Gasteiger partial charge on any atom is -0.459 e. The largest absolute Gasteiger partial charge is 0.459 e. The Kier molecular flexibility index (Phi) is 10.9. The van der Waals surface area contributed by atoms with E-state index in [1.807, 2.05) is 32.6 Å². The number of sulfonamides is 1. The Hall–Kier alpha value is -2.99. The number of likely N-dealkylation sites (tertiary alicyclic amines) is 1. The van der Waals surface area contributed by atoms with Crippen LogP contribution in [0.2, 0.25) is 5.02 Å². The van der Waals surface area contributed by atoms with Crippen LogP contribution in [0.1, 0.15) is 72.4 Å². The monoisotopic (exact) mass is 689 g/mol. The summed E-state index contributed by atoms with van der Waals surface area (Å²) in [4.78, 5) is 43.2. The van der Waals surface area contributed by atoms with Crippen molar-refractivity contribution in [3.05, 3.63) is 52.5 Å². The summed E-state index contributed by atoms with van der Waals surface area (Å²) in [5, 5.41) is 0.443. The number of nitrogens with zero attached hydrogens (tertiary/aromatic N) is 3. The molecule has 258 valence electrons. The average Bonchev–Trinajstić information content (AvgIpc) is 2.95. The highest BCUT2D eigenvalue weighted by molar-refractivity contribution is 7.93. The number of hydrogen-bond acceptors (Lipinski definition) is 8. The van der Waals surface area contributed by atoms with Crippen molar-refractivity contribution in [2.24, 2.45) is 11.8 Å². The Bertz CT molecular complexity index is 1610. The molecule has 2 aliphatic heterocycles. The van der Waals surface area contributed by atoms with Gasteiger partial charge in [-0.3, -0.25) is 28.5 Å². The van der Waals surface area contributed by atoms with Gasteiger partial charge in [-0.15, -0.1) is 0 Å². The fraction of sp³-hybridized carbons (Fsp3) is 0.571. The Morgan fingerprint density at radius 1 is 1.00 bits per heavy atom. The Balaban J connectivity index is 1.79. The molecule has 2 heterocycles. The molecule has 47 heavy (non-hydrogen) atoms. The van der Waals surface area contributed by atoms with Crippen molar-refractivity contribution >= 4 is 51.2 Å². The maximum absolute atomic E-state index is 14.8. The molecule has 0 saturated carbocycles. The number of ether oxygens (including phenoxy) is 2. The van der Waals surface area contributed by atoms with Crippen LogP contribution < -0.4 is 9.21 Å². The van der Waals surface area contributed by atoms with Gasteiger partial charge in [0.05, 0.1) is 28.4 Å². The first-order valence-electron chi connectivity index (χ1n) is 16.1. The molecule has 0 aromatic heterocycles. The first-order valence-corrected chi connectivity index (χ1v) is 17.9. The number of carbonyl (C=O) groups is 3. The van der Waals surface area contributed by atoms with Gasteiger partial charge in [-0.25, -0.2) is 8.42 Å². The first kappa shape index (κ1) is 36.8. The molecule has 12 heteroatoms. The molecular weight excluding hydrogens is 642 g/mol. The number of benzene rings is 2. The fourth-order valence-corrected chi connectivity index (χ4v) is 8.65. The maximum atomic E-state index is 14.8. The summed E-state index contributed by atoms with van der Waals surface area (Å²) in [6.45, 7) is 17.5. The zero-order valence-electron chi connectivity index (χ0n) is 28.9. The number of anilines is 2. The number of amides is 1. The molecule has 0 N–H and O–H groups in total. The van der Waals surface area contributed by atoms with Crippen LogP contribution in [0.3, 0.4) is 0 Å². The lowest BCUT2D eigenvalue weighted by molar-refractivity contribution is -0.156. The quantitative estimate of drug-likeness (QED) is 0.236. The highest BCUT2D eigenvalue weighted by atomic mass is 35.5. The molecule has 0 radical (unpaired) electrons. The SMILES string of the molecule is Cc1cc(S(=O)(=O)N2c3ccccc3N(C(C=O)OC(C)(C)C)C(=O)C2C(C)C2CCN(CC(=O)OC(C)(C)C)CC2)c(C)cc1Cl. The second-order valence-electron chi connectivity index (χ2n) is 14.6. The third kappa shape index (κ3) is 8.18. The summed E-state index contributed by atoms with van der Waals surface area (Å²) < 4.78 is 42.4. The summed E-state index contributed by atoms with van der Waals surface area (Å²) in [5.74, 6) is -1.37. The van der Waals surface area contributed by atoms with Gasteiger partial charge in [-0.05, 0) is 129 Å². The van der Waals surface area contributed by atoms with E-state index in [1.165, 1.54) is 9.21 Å². The van der Waals surface area contributed by atoms with Gasteiger partial charge >= 0.3 is 5.97 Å². The molecule has 0 aliphatic carbocycles. The van der Waals surface area contributed by atoms with E-state index in [-0.39, 0.29) is 34.7 Å². The number of piperidine rings is 1. The van der Waals surface area contributed by atoms with Gasteiger partial charge in [0.2, 0.25) is 0 Å². The molecule has 4 rings (SSSR count). The smallest absolute Gasteiger partial charge is 0.320 e. The van der Waals surface area contributed by atoms with Gasteiger partial charge < -0.3 is 9.47 Å². The lowest BCUT2D eigenvalue weighted by Gasteiger charge is -2.48. The molecule has 10 nitrogen and oxygen atoms in total. The number of para-hydroxylation sites is 2. The number of halogens is 1. The zero-order valence-corrected chi connectivity index (χ0v) is 30.4. The highest BCUT2D eigenvalue weighted by Gasteiger charge is 2.51. The van der Waals surface area contributed by atoms with Gasteiger partial charge in [0.25, 0.3) is 15.9 Å². The van der Waals surface area contributed by atoms with E-state index in [2.05, 4.69) is 0 Å². The van der Waals surface area contributed by atoms with Crippen molar-refractivity contribution in [1.29, 1.82) is 0 Å². The average molecular weight is 690 g/mol. The van der Waals surface area contributed by atoms with Crippen LogP contribution in [0.5, 0.6) is 0 Å². The molecule has 1 fully saturated rings. The van der Waals surface area contributed by atoms with Crippen molar-refractivity contribution in [2.45, 2.75) is 104 Å². The van der Waals surface area contributed by atoms with Crippen LogP contribution >= 0.6 is 11.6 Å². The molecule has 0 bridgehead atoms. The van der Waals surface area contributed by atoms with Crippen LogP contribution in [0.4, 0.5) is 11.4 Å². The molecule has 3 unspecified atom stereocenters. The predicted molar refractivity (Wildman–Crippen MR) is 183 cm³/mol. The molecule has 0 spiro atoms. The third-order valence-electron chi connectivity index (χ3n) is 8.61. The zero-order chi connectivity index (χ0) is 35.1. The number of aldehydes is 1. The molecule has 3 atom stereocenters. The van der Waals surface area contributed by atoms with Crippen molar-refractivity contribution < 1.29 is 32.3 Å². The topological polar surface area (TPSA) is 114 Å². The third-order valence-corrected chi connectivity index (χ3v) is 11.0. The van der Waals surface area contributed by atoms with Gasteiger partial charge in [-0.2, -0.15) is 0 Å². The number of fused-ring (bicyclic) bond motifs is 1. The van der Waals surface area contributed by atoms with Gasteiger partial charge in [0, 0.05) is 5.02 Å². The second kappa shape index (κ2) is 13.9. The Morgan fingerprint density at radius 2 is 1.60 bits per heavy atom. The van der Waals surface area contributed by atoms with Crippen molar-refractivity contribution in [2.75, 3.05) is 28.8 Å². The standard InChI is InChI=1S/C35H48ClN3O7S/c1-22-19-29(23(2)18-26(22)36)47(43,44)39-28-13-11-10-12-27(28)38(30(21-40)45-34(4,5)6)33(42)32(39)24(3)25-14-16-37(17-15-25)20-31(41)46-35(7,8)9/h10-13,18-19,21,24-25,30,32H,14-17,20H2,1-9H3. The van der Waals surface area contributed by atoms with E-state index in [4.69, 9.17) is 21.1 Å². The summed E-state index contributed by atoms with van der Waals surface area (Å²) >= 11 is 6.35. The van der Waals surface area contributed by atoms with Gasteiger partial charge in [0.15, 0.2) is 12.5 Å². The van der Waals surface area contributed by atoms with Gasteiger partial charge in [0.1, 0.15) is 11.6 Å². The number of carbonyl (C=O) groups excluding carboxylic acids is 3. The minimum atomic E-state index is -4.32. The lowest BCUT2D eigenvalue weighted by Crippen LogP contribution is -2.62. The first-order chi connectivity index (χ1) is 21.7. The molecule has 1 amide bonds. The Labute approximate surface area is 284 Å².